The van der Waals surface area contributed by atoms with Crippen molar-refractivity contribution in [1.82, 2.24) is 0 Å². The van der Waals surface area contributed by atoms with E-state index in [2.05, 4.69) is 0 Å². The van der Waals surface area contributed by atoms with Crippen LogP contribution >= 0.6 is 0 Å². The van der Waals surface area contributed by atoms with Gasteiger partial charge in [0.1, 0.15) is 6.07 Å². The van der Waals surface area contributed by atoms with Crippen molar-refractivity contribution in [3.8, 4) is 6.07 Å². The normalized spacial score (nSPS) is 24.5. The monoisotopic (exact) mass is 189 g/mol. The molecule has 0 heterocycles. The lowest BCUT2D eigenvalue weighted by Gasteiger charge is -2.05. The Morgan fingerprint density at radius 1 is 1.57 bits per heavy atom. The second-order valence-electron chi connectivity index (χ2n) is 3.53. The van der Waals surface area contributed by atoms with Crippen molar-refractivity contribution in [2.75, 3.05) is 0 Å². The summed E-state index contributed by atoms with van der Waals surface area (Å²) in [4.78, 5) is 11.6. The summed E-state index contributed by atoms with van der Waals surface area (Å²) in [5.74, 6) is -0.687. The van der Waals surface area contributed by atoms with Gasteiger partial charge in [-0.1, -0.05) is 18.2 Å². The average molecular weight is 189 g/mol. The molecule has 0 saturated carbocycles. The minimum absolute atomic E-state index is 0.112. The molecule has 0 aromatic heterocycles. The highest BCUT2D eigenvalue weighted by molar-refractivity contribution is 6.09. The van der Waals surface area contributed by atoms with Crippen molar-refractivity contribution < 1.29 is 9.18 Å². The first-order chi connectivity index (χ1) is 6.58. The van der Waals surface area contributed by atoms with Crippen LogP contribution in [-0.4, -0.2) is 11.5 Å². The molecule has 3 heteroatoms. The van der Waals surface area contributed by atoms with Crippen molar-refractivity contribution in [1.29, 1.82) is 5.26 Å². The minimum atomic E-state index is -2.34. The van der Waals surface area contributed by atoms with E-state index < -0.39 is 11.5 Å². The molecule has 0 saturated heterocycles. The van der Waals surface area contributed by atoms with Crippen molar-refractivity contribution in [2.45, 2.75) is 19.0 Å². The number of alkyl halides is 1. The quantitative estimate of drug-likeness (QED) is 0.626. The molecule has 1 aromatic carbocycles. The molecule has 1 aliphatic carbocycles. The third-order valence-electron chi connectivity index (χ3n) is 2.56. The predicted molar refractivity (Wildman–Crippen MR) is 48.7 cm³/mol. The molecule has 0 unspecified atom stereocenters. The molecule has 0 radical (unpaired) electrons. The summed E-state index contributed by atoms with van der Waals surface area (Å²) in [6, 6.07) is 6.66. The van der Waals surface area contributed by atoms with E-state index in [9.17, 15) is 9.18 Å². The molecule has 14 heavy (non-hydrogen) atoms. The van der Waals surface area contributed by atoms with E-state index >= 15 is 0 Å². The number of nitriles is 1. The second kappa shape index (κ2) is 2.65. The van der Waals surface area contributed by atoms with Crippen LogP contribution in [0.25, 0.3) is 0 Å². The maximum atomic E-state index is 13.7. The zero-order chi connectivity index (χ0) is 10.3. The van der Waals surface area contributed by atoms with E-state index in [1.807, 2.05) is 0 Å². The predicted octanol–water partition coefficient (Wildman–Crippen LogP) is 1.97. The van der Waals surface area contributed by atoms with E-state index in [4.69, 9.17) is 5.26 Å². The molecule has 0 aliphatic heterocycles. The number of hydrogen-bond donors (Lipinski definition) is 0. The Labute approximate surface area is 81.0 Å². The molecular formula is C11H8FNO. The van der Waals surface area contributed by atoms with Crippen LogP contribution in [0.15, 0.2) is 18.2 Å². The summed E-state index contributed by atoms with van der Waals surface area (Å²) in [6.45, 7) is 1.75. The van der Waals surface area contributed by atoms with Crippen LogP contribution < -0.4 is 0 Å². The number of aryl methyl sites for hydroxylation is 1. The van der Waals surface area contributed by atoms with Gasteiger partial charge < -0.3 is 0 Å². The fraction of sp³-hybridized carbons (Fsp3) is 0.273. The largest absolute Gasteiger partial charge is 0.289 e. The Bertz CT molecular complexity index is 461. The van der Waals surface area contributed by atoms with Crippen LogP contribution in [0.1, 0.15) is 21.5 Å². The van der Waals surface area contributed by atoms with Crippen LogP contribution in [0.4, 0.5) is 4.39 Å². The number of Topliss-reactive ketones (excluding diaryl/α,β-unsaturated/α-hetero) is 1. The molecule has 0 bridgehead atoms. The van der Waals surface area contributed by atoms with Crippen LogP contribution in [0.5, 0.6) is 0 Å². The van der Waals surface area contributed by atoms with Gasteiger partial charge in [-0.05, 0) is 18.1 Å². The third-order valence-corrected chi connectivity index (χ3v) is 2.56. The maximum Gasteiger partial charge on any atom is 0.261 e. The minimum Gasteiger partial charge on any atom is -0.289 e. The number of halogens is 1. The standard InChI is InChI=1S/C11H8FNO/c1-7-3-2-4-8-5-11(12,6-13)10(14)9(7)8/h2-4H,5H2,1H3/t11-/m1/s1. The Morgan fingerprint density at radius 3 is 2.86 bits per heavy atom. The number of carbonyl (C=O) groups is 1. The van der Waals surface area contributed by atoms with Gasteiger partial charge in [-0.25, -0.2) is 4.39 Å². The van der Waals surface area contributed by atoms with Crippen molar-refractivity contribution in [3.05, 3.63) is 34.9 Å². The maximum absolute atomic E-state index is 13.7. The van der Waals surface area contributed by atoms with Gasteiger partial charge in [0.2, 0.25) is 5.78 Å². The summed E-state index contributed by atoms with van der Waals surface area (Å²) in [6.07, 6.45) is -0.112. The van der Waals surface area contributed by atoms with Crippen LogP contribution in [0.2, 0.25) is 0 Å². The van der Waals surface area contributed by atoms with Crippen LogP contribution in [-0.2, 0) is 6.42 Å². The fourth-order valence-electron chi connectivity index (χ4n) is 1.83. The summed E-state index contributed by atoms with van der Waals surface area (Å²) >= 11 is 0. The van der Waals surface area contributed by atoms with Gasteiger partial charge in [-0.15, -0.1) is 0 Å². The molecule has 1 atom stereocenters. The molecule has 0 fully saturated rings. The number of ketones is 1. The van der Waals surface area contributed by atoms with E-state index in [0.29, 0.717) is 11.1 Å². The SMILES string of the molecule is Cc1cccc2c1C(=O)[C@](F)(C#N)C2. The Morgan fingerprint density at radius 2 is 2.29 bits per heavy atom. The van der Waals surface area contributed by atoms with Gasteiger partial charge in [0.15, 0.2) is 0 Å². The number of fused-ring (bicyclic) bond motifs is 1. The highest BCUT2D eigenvalue weighted by Gasteiger charge is 2.47. The van der Waals surface area contributed by atoms with Crippen molar-refractivity contribution in [2.24, 2.45) is 0 Å². The van der Waals surface area contributed by atoms with Crippen LogP contribution in [0, 0.1) is 18.3 Å². The van der Waals surface area contributed by atoms with Crippen molar-refractivity contribution >= 4 is 5.78 Å². The van der Waals surface area contributed by atoms with E-state index in [1.165, 1.54) is 6.07 Å². The summed E-state index contributed by atoms with van der Waals surface area (Å²) in [5.41, 5.74) is -0.577. The molecule has 2 nitrogen and oxygen atoms in total. The molecule has 70 valence electrons. The first kappa shape index (κ1) is 8.89. The number of hydrogen-bond acceptors (Lipinski definition) is 2. The van der Waals surface area contributed by atoms with Gasteiger partial charge in [0, 0.05) is 12.0 Å². The average Bonchev–Trinajstić information content (AvgIpc) is 2.42. The molecule has 0 amide bonds. The topological polar surface area (TPSA) is 40.9 Å². The summed E-state index contributed by atoms with van der Waals surface area (Å²) in [5, 5.41) is 8.61. The first-order valence-corrected chi connectivity index (χ1v) is 4.32. The lowest BCUT2D eigenvalue weighted by Crippen LogP contribution is -2.28. The van der Waals surface area contributed by atoms with Crippen molar-refractivity contribution in [3.63, 3.8) is 0 Å². The molecule has 0 N–H and O–H groups in total. The van der Waals surface area contributed by atoms with E-state index in [-0.39, 0.29) is 6.42 Å². The Balaban J connectivity index is 2.64. The van der Waals surface area contributed by atoms with E-state index in [0.717, 1.165) is 5.56 Å². The Kier molecular flexibility index (Phi) is 1.68. The zero-order valence-electron chi connectivity index (χ0n) is 7.67. The molecule has 1 aliphatic rings. The molecule has 0 spiro atoms. The molecule has 2 rings (SSSR count). The number of carbonyl (C=O) groups excluding carboxylic acids is 1. The smallest absolute Gasteiger partial charge is 0.261 e. The lowest BCUT2D eigenvalue weighted by atomic mass is 10.0. The zero-order valence-corrected chi connectivity index (χ0v) is 7.67. The lowest BCUT2D eigenvalue weighted by molar-refractivity contribution is 0.0819. The second-order valence-corrected chi connectivity index (χ2v) is 3.53. The van der Waals surface area contributed by atoms with E-state index in [1.54, 1.807) is 25.1 Å². The molecular weight excluding hydrogens is 181 g/mol. The van der Waals surface area contributed by atoms with Gasteiger partial charge in [-0.2, -0.15) is 5.26 Å². The highest BCUT2D eigenvalue weighted by atomic mass is 19.1. The fourth-order valence-corrected chi connectivity index (χ4v) is 1.83. The third kappa shape index (κ3) is 0.973. The van der Waals surface area contributed by atoms with Gasteiger partial charge >= 0.3 is 0 Å². The first-order valence-electron chi connectivity index (χ1n) is 4.32. The van der Waals surface area contributed by atoms with Gasteiger partial charge in [-0.3, -0.25) is 4.79 Å². The van der Waals surface area contributed by atoms with Gasteiger partial charge in [0.25, 0.3) is 5.67 Å². The highest BCUT2D eigenvalue weighted by Crippen LogP contribution is 2.34. The summed E-state index contributed by atoms with van der Waals surface area (Å²) < 4.78 is 13.7. The number of rotatable bonds is 0. The van der Waals surface area contributed by atoms with Crippen LogP contribution in [0.3, 0.4) is 0 Å². The van der Waals surface area contributed by atoms with Gasteiger partial charge in [0.05, 0.1) is 0 Å². The Hall–Kier alpha value is -1.69. The molecule has 1 aromatic rings. The summed E-state index contributed by atoms with van der Waals surface area (Å²) in [7, 11) is 0. The number of nitrogens with zero attached hydrogens (tertiary/aromatic N) is 1. The number of benzene rings is 1.